The van der Waals surface area contributed by atoms with Gasteiger partial charge in [0.25, 0.3) is 0 Å². The molecule has 2 fully saturated rings. The van der Waals surface area contributed by atoms with Crippen molar-refractivity contribution in [3.8, 4) is 0 Å². The molecule has 0 amide bonds. The van der Waals surface area contributed by atoms with Crippen LogP contribution in [-0.2, 0) is 27.8 Å². The molecule has 0 N–H and O–H groups in total. The lowest BCUT2D eigenvalue weighted by Crippen LogP contribution is -2.41. The smallest absolute Gasteiger partial charge is 0.216 e. The Morgan fingerprint density at radius 3 is 2.39 bits per heavy atom. The SMILES string of the molecule is [2H]C([2H])([2H])N1CC(OCC2CCN(S(=O)(=O)C3CC3)CC2)=CC=C1CN1Cc2ccccc2C1. The van der Waals surface area contributed by atoms with Gasteiger partial charge < -0.3 is 9.64 Å². The third-order valence-electron chi connectivity index (χ3n) is 6.80. The molecule has 4 aliphatic rings. The van der Waals surface area contributed by atoms with E-state index < -0.39 is 17.0 Å². The highest BCUT2D eigenvalue weighted by atomic mass is 32.2. The van der Waals surface area contributed by atoms with Crippen molar-refractivity contribution in [2.45, 2.75) is 44.0 Å². The Morgan fingerprint density at radius 1 is 1.03 bits per heavy atom. The van der Waals surface area contributed by atoms with Gasteiger partial charge in [0.1, 0.15) is 5.76 Å². The Hall–Kier alpha value is -1.83. The largest absolute Gasteiger partial charge is 0.496 e. The van der Waals surface area contributed by atoms with E-state index in [9.17, 15) is 8.42 Å². The van der Waals surface area contributed by atoms with Crippen molar-refractivity contribution in [2.24, 2.45) is 5.92 Å². The highest BCUT2D eigenvalue weighted by molar-refractivity contribution is 7.90. The maximum Gasteiger partial charge on any atom is 0.216 e. The minimum Gasteiger partial charge on any atom is -0.496 e. The van der Waals surface area contributed by atoms with Crippen molar-refractivity contribution in [1.82, 2.24) is 14.1 Å². The highest BCUT2D eigenvalue weighted by Crippen LogP contribution is 2.33. The van der Waals surface area contributed by atoms with E-state index in [1.165, 1.54) is 16.0 Å². The van der Waals surface area contributed by atoms with E-state index in [-0.39, 0.29) is 17.7 Å². The fraction of sp³-hybridized carbons (Fsp3) is 0.583. The summed E-state index contributed by atoms with van der Waals surface area (Å²) in [6.45, 7) is 1.79. The lowest BCUT2D eigenvalue weighted by molar-refractivity contribution is 0.117. The molecule has 6 nitrogen and oxygen atoms in total. The second-order valence-corrected chi connectivity index (χ2v) is 11.4. The number of ether oxygens (including phenoxy) is 1. The molecule has 168 valence electrons. The van der Waals surface area contributed by atoms with Crippen molar-refractivity contribution >= 4 is 10.0 Å². The normalized spacial score (nSPS) is 25.3. The number of hydrogen-bond donors (Lipinski definition) is 0. The van der Waals surface area contributed by atoms with Gasteiger partial charge >= 0.3 is 0 Å². The number of nitrogens with zero attached hydrogens (tertiary/aromatic N) is 3. The van der Waals surface area contributed by atoms with Crippen LogP contribution in [-0.4, -0.2) is 67.5 Å². The van der Waals surface area contributed by atoms with E-state index in [2.05, 4.69) is 17.0 Å². The van der Waals surface area contributed by atoms with Gasteiger partial charge in [0, 0.05) is 49.5 Å². The number of likely N-dealkylation sites (N-methyl/N-ethyl adjacent to an activating group) is 1. The van der Waals surface area contributed by atoms with Crippen molar-refractivity contribution in [3.63, 3.8) is 0 Å². The van der Waals surface area contributed by atoms with Crippen LogP contribution < -0.4 is 0 Å². The summed E-state index contributed by atoms with van der Waals surface area (Å²) < 4.78 is 56.7. The van der Waals surface area contributed by atoms with Crippen LogP contribution in [0, 0.1) is 5.92 Å². The van der Waals surface area contributed by atoms with E-state index in [0.717, 1.165) is 44.5 Å². The van der Waals surface area contributed by atoms with E-state index >= 15 is 0 Å². The number of fused-ring (bicyclic) bond motifs is 1. The molecule has 7 heteroatoms. The molecular formula is C24H33N3O3S. The fourth-order valence-electron chi connectivity index (χ4n) is 4.70. The Bertz CT molecular complexity index is 1050. The number of rotatable bonds is 7. The molecular weight excluding hydrogens is 410 g/mol. The summed E-state index contributed by atoms with van der Waals surface area (Å²) in [5.74, 6) is 0.929. The molecule has 1 saturated carbocycles. The van der Waals surface area contributed by atoms with Crippen LogP contribution >= 0.6 is 0 Å². The second kappa shape index (κ2) is 8.60. The first-order valence-electron chi connectivity index (χ1n) is 12.8. The van der Waals surface area contributed by atoms with E-state index in [0.29, 0.717) is 32.0 Å². The molecule has 1 aliphatic carbocycles. The predicted octanol–water partition coefficient (Wildman–Crippen LogP) is 2.94. The monoisotopic (exact) mass is 446 g/mol. The maximum atomic E-state index is 12.4. The number of benzene rings is 1. The zero-order valence-electron chi connectivity index (χ0n) is 20.9. The molecule has 0 unspecified atom stereocenters. The fourth-order valence-corrected chi connectivity index (χ4v) is 6.57. The third-order valence-corrected chi connectivity index (χ3v) is 9.20. The van der Waals surface area contributed by atoms with Crippen LogP contribution in [0.3, 0.4) is 0 Å². The Balaban J connectivity index is 1.17. The van der Waals surface area contributed by atoms with Gasteiger partial charge in [-0.1, -0.05) is 24.3 Å². The van der Waals surface area contributed by atoms with Crippen LogP contribution in [0.5, 0.6) is 0 Å². The first kappa shape index (κ1) is 17.7. The van der Waals surface area contributed by atoms with Crippen LogP contribution in [0.2, 0.25) is 0 Å². The molecule has 5 rings (SSSR count). The molecule has 0 aromatic heterocycles. The number of allylic oxidation sites excluding steroid dienone is 2. The van der Waals surface area contributed by atoms with Gasteiger partial charge in [-0.2, -0.15) is 0 Å². The van der Waals surface area contributed by atoms with Crippen molar-refractivity contribution in [2.75, 3.05) is 39.8 Å². The molecule has 1 aromatic rings. The first-order chi connectivity index (χ1) is 16.2. The topological polar surface area (TPSA) is 53.1 Å². The molecule has 31 heavy (non-hydrogen) atoms. The van der Waals surface area contributed by atoms with Crippen LogP contribution in [0.1, 0.15) is 40.9 Å². The Labute approximate surface area is 190 Å². The summed E-state index contributed by atoms with van der Waals surface area (Å²) >= 11 is 0. The van der Waals surface area contributed by atoms with Crippen LogP contribution in [0.25, 0.3) is 0 Å². The lowest BCUT2D eigenvalue weighted by atomic mass is 9.99. The van der Waals surface area contributed by atoms with Crippen molar-refractivity contribution in [1.29, 1.82) is 0 Å². The van der Waals surface area contributed by atoms with Gasteiger partial charge in [0.15, 0.2) is 0 Å². The van der Waals surface area contributed by atoms with Gasteiger partial charge in [0.2, 0.25) is 10.0 Å². The van der Waals surface area contributed by atoms with Crippen LogP contribution in [0.4, 0.5) is 0 Å². The summed E-state index contributed by atoms with van der Waals surface area (Å²) in [6, 6.07) is 8.34. The van der Waals surface area contributed by atoms with E-state index in [4.69, 9.17) is 8.85 Å². The summed E-state index contributed by atoms with van der Waals surface area (Å²) in [5, 5.41) is -0.158. The highest BCUT2D eigenvalue weighted by Gasteiger charge is 2.41. The maximum absolute atomic E-state index is 12.4. The zero-order valence-corrected chi connectivity index (χ0v) is 18.7. The lowest BCUT2D eigenvalue weighted by Gasteiger charge is -2.33. The summed E-state index contributed by atoms with van der Waals surface area (Å²) in [4.78, 5) is 3.73. The standard InChI is InChI=1S/C24H33N3O3S/c1-25-17-23(7-6-22(25)16-26-14-20-4-2-3-5-21(20)15-26)30-18-19-10-12-27(13-11-19)31(28,29)24-8-9-24/h2-7,19,24H,8-18H2,1H3/i1D3. The Morgan fingerprint density at radius 2 is 1.74 bits per heavy atom. The third kappa shape index (κ3) is 4.69. The number of hydrogen-bond acceptors (Lipinski definition) is 5. The number of piperidine rings is 1. The minimum atomic E-state index is -3.10. The molecule has 3 heterocycles. The molecule has 0 radical (unpaired) electrons. The molecule has 0 spiro atoms. The predicted molar refractivity (Wildman–Crippen MR) is 122 cm³/mol. The van der Waals surface area contributed by atoms with Crippen molar-refractivity contribution in [3.05, 3.63) is 59.0 Å². The minimum absolute atomic E-state index is 0.158. The van der Waals surface area contributed by atoms with E-state index in [1.54, 1.807) is 4.31 Å². The van der Waals surface area contributed by atoms with Crippen LogP contribution in [0.15, 0.2) is 47.9 Å². The number of sulfonamides is 1. The van der Waals surface area contributed by atoms with E-state index in [1.807, 2.05) is 24.3 Å². The average molecular weight is 447 g/mol. The first-order valence-corrected chi connectivity index (χ1v) is 12.8. The van der Waals surface area contributed by atoms with Gasteiger partial charge in [-0.25, -0.2) is 12.7 Å². The van der Waals surface area contributed by atoms with Gasteiger partial charge in [-0.3, -0.25) is 4.90 Å². The van der Waals surface area contributed by atoms with Crippen molar-refractivity contribution < 1.29 is 17.3 Å². The molecule has 0 bridgehead atoms. The van der Waals surface area contributed by atoms with Gasteiger partial charge in [-0.05, 0) is 54.9 Å². The molecule has 3 aliphatic heterocycles. The molecule has 1 saturated heterocycles. The molecule has 0 atom stereocenters. The van der Waals surface area contributed by atoms with Gasteiger partial charge in [-0.15, -0.1) is 0 Å². The zero-order chi connectivity index (χ0) is 23.9. The summed E-state index contributed by atoms with van der Waals surface area (Å²) in [6.07, 6.45) is 6.91. The second-order valence-electron chi connectivity index (χ2n) is 9.19. The summed E-state index contributed by atoms with van der Waals surface area (Å²) in [5.41, 5.74) is 3.38. The quantitative estimate of drug-likeness (QED) is 0.645. The molecule has 1 aromatic carbocycles. The van der Waals surface area contributed by atoms with Gasteiger partial charge in [0.05, 0.1) is 18.4 Å². The average Bonchev–Trinajstić information content (AvgIpc) is 3.59. The Kier molecular flexibility index (Phi) is 4.91. The summed E-state index contributed by atoms with van der Waals surface area (Å²) in [7, 11) is -3.10.